The largest absolute Gasteiger partial charge is 0.493 e. The minimum absolute atomic E-state index is 0.0172. The number of hydrogen-bond donors (Lipinski definition) is 1. The van der Waals surface area contributed by atoms with Gasteiger partial charge in [-0.1, -0.05) is 30.3 Å². The number of methoxy groups -OCH3 is 2. The first-order valence-corrected chi connectivity index (χ1v) is 11.6. The summed E-state index contributed by atoms with van der Waals surface area (Å²) in [6.07, 6.45) is 0. The molecule has 0 aliphatic heterocycles. The van der Waals surface area contributed by atoms with Gasteiger partial charge < -0.3 is 9.47 Å². The molecule has 0 unspecified atom stereocenters. The number of carbonyl (C=O) groups excluding carboxylic acids is 1. The highest BCUT2D eigenvalue weighted by atomic mass is 32.2. The van der Waals surface area contributed by atoms with E-state index in [1.54, 1.807) is 31.2 Å². The zero-order valence-corrected chi connectivity index (χ0v) is 19.7. The molecule has 0 aliphatic rings. The van der Waals surface area contributed by atoms with Crippen LogP contribution in [0.1, 0.15) is 12.5 Å². The average Bonchev–Trinajstić information content (AvgIpc) is 2.86. The first kappa shape index (κ1) is 24.7. The Hall–Kier alpha value is -3.92. The van der Waals surface area contributed by atoms with Gasteiger partial charge in [0, 0.05) is 6.07 Å². The van der Waals surface area contributed by atoms with E-state index in [1.807, 2.05) is 0 Å². The predicted octanol–water partition coefficient (Wildman–Crippen LogP) is 3.58. The highest BCUT2D eigenvalue weighted by Crippen LogP contribution is 2.33. The van der Waals surface area contributed by atoms with Crippen LogP contribution in [0.4, 0.5) is 10.1 Å². The van der Waals surface area contributed by atoms with Crippen LogP contribution in [-0.4, -0.2) is 40.8 Å². The molecule has 178 valence electrons. The minimum atomic E-state index is -4.10. The number of rotatable bonds is 9. The Morgan fingerprint density at radius 2 is 1.62 bits per heavy atom. The van der Waals surface area contributed by atoms with Crippen LogP contribution in [-0.2, 0) is 14.8 Å². The number of halogens is 1. The van der Waals surface area contributed by atoms with E-state index in [9.17, 15) is 17.6 Å². The Bertz CT molecular complexity index is 1280. The van der Waals surface area contributed by atoms with Crippen molar-refractivity contribution < 1.29 is 27.1 Å². The molecule has 0 radical (unpaired) electrons. The van der Waals surface area contributed by atoms with Gasteiger partial charge >= 0.3 is 0 Å². The number of hydrazone groups is 1. The highest BCUT2D eigenvalue weighted by molar-refractivity contribution is 7.92. The monoisotopic (exact) mass is 485 g/mol. The number of anilines is 1. The van der Waals surface area contributed by atoms with Crippen LogP contribution >= 0.6 is 0 Å². The van der Waals surface area contributed by atoms with E-state index in [-0.39, 0.29) is 10.6 Å². The molecule has 3 rings (SSSR count). The van der Waals surface area contributed by atoms with Crippen molar-refractivity contribution in [2.75, 3.05) is 25.1 Å². The smallest absolute Gasteiger partial charge is 0.264 e. The van der Waals surface area contributed by atoms with Crippen molar-refractivity contribution in [1.82, 2.24) is 5.43 Å². The Morgan fingerprint density at radius 3 is 2.24 bits per heavy atom. The minimum Gasteiger partial charge on any atom is -0.493 e. The van der Waals surface area contributed by atoms with E-state index in [0.717, 1.165) is 4.31 Å². The normalized spacial score (nSPS) is 11.6. The maximum Gasteiger partial charge on any atom is 0.264 e. The van der Waals surface area contributed by atoms with Gasteiger partial charge in [0.25, 0.3) is 15.9 Å². The van der Waals surface area contributed by atoms with E-state index in [0.29, 0.717) is 22.8 Å². The van der Waals surface area contributed by atoms with Crippen molar-refractivity contribution in [2.45, 2.75) is 11.8 Å². The fourth-order valence-corrected chi connectivity index (χ4v) is 4.52. The van der Waals surface area contributed by atoms with Gasteiger partial charge in [0.15, 0.2) is 11.5 Å². The lowest BCUT2D eigenvalue weighted by Crippen LogP contribution is -2.39. The lowest BCUT2D eigenvalue weighted by Gasteiger charge is -2.24. The third kappa shape index (κ3) is 5.70. The molecule has 0 aliphatic carbocycles. The summed E-state index contributed by atoms with van der Waals surface area (Å²) in [5, 5.41) is 4.02. The number of nitrogens with one attached hydrogen (secondary N) is 1. The fourth-order valence-electron chi connectivity index (χ4n) is 3.08. The van der Waals surface area contributed by atoms with Crippen LogP contribution in [0, 0.1) is 5.82 Å². The van der Waals surface area contributed by atoms with Crippen LogP contribution in [0.5, 0.6) is 11.5 Å². The summed E-state index contributed by atoms with van der Waals surface area (Å²) in [5.41, 5.74) is 3.60. The van der Waals surface area contributed by atoms with Gasteiger partial charge in [-0.15, -0.1) is 0 Å². The van der Waals surface area contributed by atoms with E-state index < -0.39 is 28.3 Å². The van der Waals surface area contributed by atoms with Gasteiger partial charge in [-0.05, 0) is 48.9 Å². The molecule has 0 bridgehead atoms. The summed E-state index contributed by atoms with van der Waals surface area (Å²) in [4.78, 5) is 12.7. The molecular weight excluding hydrogens is 461 g/mol. The Kier molecular flexibility index (Phi) is 7.85. The number of benzene rings is 3. The fraction of sp³-hybridized carbons (Fsp3) is 0.167. The summed E-state index contributed by atoms with van der Waals surface area (Å²) >= 11 is 0. The molecule has 8 nitrogen and oxygen atoms in total. The summed E-state index contributed by atoms with van der Waals surface area (Å²) in [7, 11) is -1.21. The van der Waals surface area contributed by atoms with Gasteiger partial charge in [0.05, 0.1) is 30.5 Å². The molecule has 34 heavy (non-hydrogen) atoms. The first-order valence-electron chi connectivity index (χ1n) is 10.1. The molecule has 1 amide bonds. The van der Waals surface area contributed by atoms with Crippen molar-refractivity contribution in [2.24, 2.45) is 5.10 Å². The standard InChI is InChI=1S/C24H24FN3O5S/c1-17(18-9-11-19(25)12-10-18)26-27-24(29)16-28(34(30,31)21-7-5-4-6-8-21)20-13-14-22(32-2)23(15-20)33-3/h4-15H,16H2,1-3H3,(H,27,29)/b26-17-. The van der Waals surface area contributed by atoms with Crippen LogP contribution < -0.4 is 19.2 Å². The van der Waals surface area contributed by atoms with Crippen LogP contribution in [0.15, 0.2) is 82.8 Å². The number of carbonyl (C=O) groups is 1. The van der Waals surface area contributed by atoms with Gasteiger partial charge in [-0.2, -0.15) is 5.10 Å². The van der Waals surface area contributed by atoms with E-state index >= 15 is 0 Å². The average molecular weight is 486 g/mol. The summed E-state index contributed by atoms with van der Waals surface area (Å²) in [6.45, 7) is 1.09. The van der Waals surface area contributed by atoms with Crippen molar-refractivity contribution in [3.8, 4) is 11.5 Å². The predicted molar refractivity (Wildman–Crippen MR) is 127 cm³/mol. The second kappa shape index (κ2) is 10.8. The van der Waals surface area contributed by atoms with E-state index in [1.165, 1.54) is 62.8 Å². The molecule has 3 aromatic rings. The van der Waals surface area contributed by atoms with Gasteiger partial charge in [0.1, 0.15) is 12.4 Å². The number of sulfonamides is 1. The summed E-state index contributed by atoms with van der Waals surface area (Å²) < 4.78 is 51.4. The zero-order chi connectivity index (χ0) is 24.7. The van der Waals surface area contributed by atoms with Gasteiger partial charge in [-0.3, -0.25) is 9.10 Å². The second-order valence-corrected chi connectivity index (χ2v) is 8.97. The SMILES string of the molecule is COc1ccc(N(CC(=O)N/N=C(/C)c2ccc(F)cc2)S(=O)(=O)c2ccccc2)cc1OC. The molecule has 0 spiro atoms. The lowest BCUT2D eigenvalue weighted by molar-refractivity contribution is -0.119. The van der Waals surface area contributed by atoms with Crippen molar-refractivity contribution in [1.29, 1.82) is 0 Å². The third-order valence-electron chi connectivity index (χ3n) is 4.88. The molecule has 0 saturated carbocycles. The topological polar surface area (TPSA) is 97.3 Å². The molecule has 0 atom stereocenters. The molecular formula is C24H24FN3O5S. The molecule has 0 heterocycles. The third-order valence-corrected chi connectivity index (χ3v) is 6.67. The van der Waals surface area contributed by atoms with Crippen molar-refractivity contribution >= 4 is 27.3 Å². The maximum atomic E-state index is 13.4. The van der Waals surface area contributed by atoms with E-state index in [4.69, 9.17) is 9.47 Å². The molecule has 3 aromatic carbocycles. The summed E-state index contributed by atoms with van der Waals surface area (Å²) in [5.74, 6) is -0.348. The quantitative estimate of drug-likeness (QED) is 0.369. The summed E-state index contributed by atoms with van der Waals surface area (Å²) in [6, 6.07) is 17.9. The van der Waals surface area contributed by atoms with Crippen LogP contribution in [0.2, 0.25) is 0 Å². The van der Waals surface area contributed by atoms with Crippen molar-refractivity contribution in [3.63, 3.8) is 0 Å². The Morgan fingerprint density at radius 1 is 0.971 bits per heavy atom. The van der Waals surface area contributed by atoms with Gasteiger partial charge in [-0.25, -0.2) is 18.2 Å². The highest BCUT2D eigenvalue weighted by Gasteiger charge is 2.28. The van der Waals surface area contributed by atoms with Crippen LogP contribution in [0.3, 0.4) is 0 Å². The van der Waals surface area contributed by atoms with E-state index in [2.05, 4.69) is 10.5 Å². The number of nitrogens with zero attached hydrogens (tertiary/aromatic N) is 2. The lowest BCUT2D eigenvalue weighted by atomic mass is 10.1. The molecule has 10 heteroatoms. The molecule has 0 fully saturated rings. The Balaban J connectivity index is 1.92. The number of hydrogen-bond acceptors (Lipinski definition) is 6. The number of amides is 1. The molecule has 1 N–H and O–H groups in total. The van der Waals surface area contributed by atoms with Crippen molar-refractivity contribution in [3.05, 3.63) is 84.2 Å². The number of ether oxygens (including phenoxy) is 2. The Labute approximate surface area is 197 Å². The van der Waals surface area contributed by atoms with Crippen LogP contribution in [0.25, 0.3) is 0 Å². The van der Waals surface area contributed by atoms with Gasteiger partial charge in [0.2, 0.25) is 0 Å². The molecule has 0 aromatic heterocycles. The second-order valence-electron chi connectivity index (χ2n) is 7.10. The first-order chi connectivity index (χ1) is 16.3. The zero-order valence-electron chi connectivity index (χ0n) is 18.9. The molecule has 0 saturated heterocycles. The maximum absolute atomic E-state index is 13.4.